The van der Waals surface area contributed by atoms with E-state index in [-0.39, 0.29) is 23.1 Å². The average Bonchev–Trinajstić information content (AvgIpc) is 3.00. The molecule has 0 heterocycles. The van der Waals surface area contributed by atoms with E-state index in [1.165, 1.54) is 0 Å². The van der Waals surface area contributed by atoms with Crippen LogP contribution in [0.25, 0.3) is 21.9 Å². The number of Topliss-reactive ketones (excluding diaryl/α,β-unsaturated/α-hetero) is 4. The van der Waals surface area contributed by atoms with Gasteiger partial charge in [0.2, 0.25) is 0 Å². The lowest BCUT2D eigenvalue weighted by atomic mass is 10.0. The van der Waals surface area contributed by atoms with Gasteiger partial charge < -0.3 is 9.47 Å². The van der Waals surface area contributed by atoms with E-state index in [1.807, 2.05) is 72.8 Å². The van der Waals surface area contributed by atoms with Crippen LogP contribution in [0, 0.1) is 5.92 Å². The van der Waals surface area contributed by atoms with Crippen LogP contribution in [0.1, 0.15) is 82.5 Å². The molecule has 0 saturated carbocycles. The first kappa shape index (κ1) is 34.9. The largest absolute Gasteiger partial charge is 0.385 e. The Hall–Kier alpha value is -4.26. The Morgan fingerprint density at radius 2 is 0.884 bits per heavy atom. The van der Waals surface area contributed by atoms with E-state index in [4.69, 9.17) is 9.47 Å². The molecule has 0 aliphatic heterocycles. The lowest BCUT2D eigenvalue weighted by Crippen LogP contribution is -2.06. The van der Waals surface area contributed by atoms with E-state index in [9.17, 15) is 19.2 Å². The molecular formula is C37H42O6. The molecule has 4 aromatic carbocycles. The zero-order chi connectivity index (χ0) is 31.9. The van der Waals surface area contributed by atoms with Crippen LogP contribution in [0.4, 0.5) is 0 Å². The molecule has 4 rings (SSSR count). The normalized spacial score (nSPS) is 11.0. The maximum absolute atomic E-state index is 11.2. The Morgan fingerprint density at radius 1 is 0.535 bits per heavy atom. The van der Waals surface area contributed by atoms with Gasteiger partial charge >= 0.3 is 0 Å². The monoisotopic (exact) mass is 582 g/mol. The minimum Gasteiger partial charge on any atom is -0.385 e. The van der Waals surface area contributed by atoms with Gasteiger partial charge in [-0.3, -0.25) is 19.2 Å². The van der Waals surface area contributed by atoms with Gasteiger partial charge in [0.15, 0.2) is 23.1 Å². The number of carbonyl (C=O) groups excluding carboxylic acids is 4. The molecule has 6 heteroatoms. The van der Waals surface area contributed by atoms with Crippen molar-refractivity contribution in [2.24, 2.45) is 5.92 Å². The van der Waals surface area contributed by atoms with E-state index in [1.54, 1.807) is 54.0 Å². The third-order valence-corrected chi connectivity index (χ3v) is 6.84. The van der Waals surface area contributed by atoms with Gasteiger partial charge in [-0.15, -0.1) is 0 Å². The first-order valence-corrected chi connectivity index (χ1v) is 14.2. The van der Waals surface area contributed by atoms with Gasteiger partial charge in [-0.1, -0.05) is 79.7 Å². The molecule has 0 N–H and O–H groups in total. The molecule has 0 radical (unpaired) electrons. The van der Waals surface area contributed by atoms with Crippen molar-refractivity contribution in [2.45, 2.75) is 41.0 Å². The second-order valence-electron chi connectivity index (χ2n) is 10.5. The van der Waals surface area contributed by atoms with Crippen molar-refractivity contribution in [1.82, 2.24) is 0 Å². The maximum Gasteiger partial charge on any atom is 0.159 e. The number of fused-ring (bicyclic) bond motifs is 1. The van der Waals surface area contributed by atoms with Crippen molar-refractivity contribution in [2.75, 3.05) is 27.4 Å². The Kier molecular flexibility index (Phi) is 14.3. The summed E-state index contributed by atoms with van der Waals surface area (Å²) in [6.45, 7) is 10.0. The third kappa shape index (κ3) is 11.5. The Bertz CT molecular complexity index is 1410. The van der Waals surface area contributed by atoms with E-state index in [2.05, 4.69) is 6.92 Å². The molecule has 0 bridgehead atoms. The fraction of sp³-hybridized carbons (Fsp3) is 0.297. The Balaban J connectivity index is 0.000000238. The van der Waals surface area contributed by atoms with Crippen LogP contribution >= 0.6 is 0 Å². The van der Waals surface area contributed by atoms with Crippen molar-refractivity contribution < 1.29 is 28.7 Å². The first-order chi connectivity index (χ1) is 20.5. The molecule has 1 atom stereocenters. The zero-order valence-corrected chi connectivity index (χ0v) is 26.2. The average molecular weight is 583 g/mol. The minimum absolute atomic E-state index is 0.0533. The molecule has 0 aliphatic rings. The van der Waals surface area contributed by atoms with Crippen molar-refractivity contribution >= 4 is 33.9 Å². The summed E-state index contributed by atoms with van der Waals surface area (Å²) < 4.78 is 9.85. The molecular weight excluding hydrogens is 540 g/mol. The SMILES string of the molecule is CC(=O)c1ccc(-c2ccc(C(C)=O)cc2)cc1.CC(=O)c1ccc2cc(C(C)=O)ccc2c1.COCCC(C)COC. The third-order valence-electron chi connectivity index (χ3n) is 6.84. The molecule has 226 valence electrons. The summed E-state index contributed by atoms with van der Waals surface area (Å²) in [7, 11) is 3.45. The van der Waals surface area contributed by atoms with Gasteiger partial charge in [-0.25, -0.2) is 0 Å². The second kappa shape index (κ2) is 17.6. The van der Waals surface area contributed by atoms with E-state index >= 15 is 0 Å². The number of rotatable bonds is 10. The summed E-state index contributed by atoms with van der Waals surface area (Å²) in [5, 5.41) is 1.97. The molecule has 0 fully saturated rings. The predicted molar refractivity (Wildman–Crippen MR) is 173 cm³/mol. The van der Waals surface area contributed by atoms with E-state index in [0.717, 1.165) is 41.5 Å². The summed E-state index contributed by atoms with van der Waals surface area (Å²) in [4.78, 5) is 44.8. The summed E-state index contributed by atoms with van der Waals surface area (Å²) in [5.41, 5.74) is 4.88. The number of benzene rings is 4. The fourth-order valence-electron chi connectivity index (χ4n) is 4.17. The van der Waals surface area contributed by atoms with Crippen LogP contribution < -0.4 is 0 Å². The highest BCUT2D eigenvalue weighted by molar-refractivity contribution is 6.01. The topological polar surface area (TPSA) is 86.7 Å². The van der Waals surface area contributed by atoms with Crippen LogP contribution in [0.5, 0.6) is 0 Å². The number of carbonyl (C=O) groups is 4. The van der Waals surface area contributed by atoms with Crippen LogP contribution in [0.3, 0.4) is 0 Å². The van der Waals surface area contributed by atoms with Gasteiger partial charge in [-0.2, -0.15) is 0 Å². The van der Waals surface area contributed by atoms with Crippen LogP contribution in [-0.2, 0) is 9.47 Å². The predicted octanol–water partition coefficient (Wildman–Crippen LogP) is 8.31. The quantitative estimate of drug-likeness (QED) is 0.175. The van der Waals surface area contributed by atoms with Gasteiger partial charge in [-0.05, 0) is 74.1 Å². The fourth-order valence-corrected chi connectivity index (χ4v) is 4.17. The highest BCUT2D eigenvalue weighted by atomic mass is 16.5. The van der Waals surface area contributed by atoms with Crippen molar-refractivity contribution in [3.05, 3.63) is 107 Å². The summed E-state index contributed by atoms with van der Waals surface area (Å²) in [5.74, 6) is 0.854. The smallest absolute Gasteiger partial charge is 0.159 e. The van der Waals surface area contributed by atoms with Gasteiger partial charge in [0, 0.05) is 49.7 Å². The standard InChI is InChI=1S/C16H14O2.C14H12O2.C7H16O2/c1-11(17)13-3-7-15(8-4-13)16-9-5-14(6-10-16)12(2)18;1-9(15)11-3-5-14-8-12(10(2)16)4-6-13(14)7-11;1-7(6-9-3)4-5-8-2/h3-10H,1-2H3;3-8H,1-2H3;7H,4-6H2,1-3H3. The van der Waals surface area contributed by atoms with E-state index < -0.39 is 0 Å². The highest BCUT2D eigenvalue weighted by Gasteiger charge is 2.05. The van der Waals surface area contributed by atoms with Gasteiger partial charge in [0.25, 0.3) is 0 Å². The van der Waals surface area contributed by atoms with Crippen molar-refractivity contribution in [3.8, 4) is 11.1 Å². The first-order valence-electron chi connectivity index (χ1n) is 14.2. The molecule has 0 spiro atoms. The number of hydrogen-bond acceptors (Lipinski definition) is 6. The molecule has 0 saturated heterocycles. The summed E-state index contributed by atoms with van der Waals surface area (Å²) >= 11 is 0. The molecule has 43 heavy (non-hydrogen) atoms. The highest BCUT2D eigenvalue weighted by Crippen LogP contribution is 2.21. The summed E-state index contributed by atoms with van der Waals surface area (Å²) in [6, 6.07) is 25.9. The van der Waals surface area contributed by atoms with Crippen LogP contribution in [0.2, 0.25) is 0 Å². The number of methoxy groups -OCH3 is 2. The maximum atomic E-state index is 11.2. The lowest BCUT2D eigenvalue weighted by molar-refractivity contribution is 0.100. The minimum atomic E-state index is 0.0533. The molecule has 6 nitrogen and oxygen atoms in total. The number of ether oxygens (including phenoxy) is 2. The van der Waals surface area contributed by atoms with Gasteiger partial charge in [0.1, 0.15) is 0 Å². The molecule has 0 aliphatic carbocycles. The number of ketones is 4. The Labute approximate surface area is 255 Å². The van der Waals surface area contributed by atoms with Crippen LogP contribution in [0.15, 0.2) is 84.9 Å². The molecule has 4 aromatic rings. The van der Waals surface area contributed by atoms with Crippen LogP contribution in [-0.4, -0.2) is 50.6 Å². The Morgan fingerprint density at radius 3 is 1.19 bits per heavy atom. The van der Waals surface area contributed by atoms with E-state index in [0.29, 0.717) is 28.2 Å². The second-order valence-corrected chi connectivity index (χ2v) is 10.5. The summed E-state index contributed by atoms with van der Waals surface area (Å²) in [6.07, 6.45) is 1.09. The molecule has 1 unspecified atom stereocenters. The number of hydrogen-bond donors (Lipinski definition) is 0. The van der Waals surface area contributed by atoms with Gasteiger partial charge in [0.05, 0.1) is 0 Å². The van der Waals surface area contributed by atoms with Crippen molar-refractivity contribution in [3.63, 3.8) is 0 Å². The molecule has 0 aromatic heterocycles. The zero-order valence-electron chi connectivity index (χ0n) is 26.2. The van der Waals surface area contributed by atoms with Crippen molar-refractivity contribution in [1.29, 1.82) is 0 Å². The lowest BCUT2D eigenvalue weighted by Gasteiger charge is -2.07. The molecule has 0 amide bonds.